The van der Waals surface area contributed by atoms with E-state index in [2.05, 4.69) is 31.0 Å². The molecular weight excluding hydrogens is 230 g/mol. The molecule has 3 nitrogen and oxygen atoms in total. The molecule has 2 fully saturated rings. The van der Waals surface area contributed by atoms with Crippen LogP contribution in [-0.2, 0) is 0 Å². The number of hydrogen-bond acceptors (Lipinski definition) is 3. The third kappa shape index (κ3) is 3.62. The summed E-state index contributed by atoms with van der Waals surface area (Å²) >= 11 is 1.89. The van der Waals surface area contributed by atoms with Gasteiger partial charge in [0, 0.05) is 30.9 Å². The summed E-state index contributed by atoms with van der Waals surface area (Å²) in [6.07, 6.45) is 2.52. The topological polar surface area (TPSA) is 27.6 Å². The first-order valence-electron chi connectivity index (χ1n) is 6.87. The SMILES string of the molecule is CCC1CSC(=NCC2CCN(C(C)C)C2)N1. The van der Waals surface area contributed by atoms with Crippen molar-refractivity contribution in [3.05, 3.63) is 0 Å². The maximum Gasteiger partial charge on any atom is 0.156 e. The van der Waals surface area contributed by atoms with Gasteiger partial charge in [-0.2, -0.15) is 0 Å². The molecule has 0 aromatic rings. The third-order valence-electron chi connectivity index (χ3n) is 3.78. The van der Waals surface area contributed by atoms with E-state index in [-0.39, 0.29) is 0 Å². The second kappa shape index (κ2) is 6.10. The molecule has 0 amide bonds. The second-order valence-corrected chi connectivity index (χ2v) is 6.46. The maximum atomic E-state index is 4.74. The molecule has 2 saturated heterocycles. The summed E-state index contributed by atoms with van der Waals surface area (Å²) in [6.45, 7) is 10.3. The first-order chi connectivity index (χ1) is 8.19. The van der Waals surface area contributed by atoms with Gasteiger partial charge in [0.25, 0.3) is 0 Å². The number of hydrogen-bond donors (Lipinski definition) is 1. The van der Waals surface area contributed by atoms with Crippen molar-refractivity contribution in [3.8, 4) is 0 Å². The minimum absolute atomic E-state index is 0.648. The summed E-state index contributed by atoms with van der Waals surface area (Å²) in [6, 6.07) is 1.34. The van der Waals surface area contributed by atoms with Crippen molar-refractivity contribution < 1.29 is 0 Å². The Kier molecular flexibility index (Phi) is 4.74. The van der Waals surface area contributed by atoms with Gasteiger partial charge < -0.3 is 10.2 Å². The summed E-state index contributed by atoms with van der Waals surface area (Å²) in [5.41, 5.74) is 0. The Morgan fingerprint density at radius 3 is 2.94 bits per heavy atom. The van der Waals surface area contributed by atoms with E-state index in [1.165, 1.54) is 36.9 Å². The maximum absolute atomic E-state index is 4.74. The molecule has 2 atom stereocenters. The summed E-state index contributed by atoms with van der Waals surface area (Å²) in [4.78, 5) is 7.30. The minimum Gasteiger partial charge on any atom is -0.361 e. The minimum atomic E-state index is 0.648. The van der Waals surface area contributed by atoms with Gasteiger partial charge in [0.2, 0.25) is 0 Å². The van der Waals surface area contributed by atoms with Crippen LogP contribution < -0.4 is 5.32 Å². The zero-order chi connectivity index (χ0) is 12.3. The lowest BCUT2D eigenvalue weighted by Crippen LogP contribution is -2.29. The molecule has 0 aromatic carbocycles. The normalized spacial score (nSPS) is 32.6. The Morgan fingerprint density at radius 2 is 2.35 bits per heavy atom. The highest BCUT2D eigenvalue weighted by Gasteiger charge is 2.24. The number of thioether (sulfide) groups is 1. The van der Waals surface area contributed by atoms with Gasteiger partial charge in [-0.3, -0.25) is 4.99 Å². The van der Waals surface area contributed by atoms with Crippen molar-refractivity contribution in [1.29, 1.82) is 0 Å². The van der Waals surface area contributed by atoms with E-state index < -0.39 is 0 Å². The van der Waals surface area contributed by atoms with Crippen molar-refractivity contribution in [1.82, 2.24) is 10.2 Å². The van der Waals surface area contributed by atoms with Gasteiger partial charge in [0.05, 0.1) is 0 Å². The summed E-state index contributed by atoms with van der Waals surface area (Å²) < 4.78 is 0. The average Bonchev–Trinajstić information content (AvgIpc) is 2.95. The quantitative estimate of drug-likeness (QED) is 0.834. The van der Waals surface area contributed by atoms with Crippen LogP contribution in [0.25, 0.3) is 0 Å². The largest absolute Gasteiger partial charge is 0.361 e. The van der Waals surface area contributed by atoms with Crippen LogP contribution in [0.5, 0.6) is 0 Å². The van der Waals surface area contributed by atoms with E-state index in [1.807, 2.05) is 11.8 Å². The van der Waals surface area contributed by atoms with Crippen molar-refractivity contribution in [2.45, 2.75) is 45.7 Å². The predicted octanol–water partition coefficient (Wildman–Crippen LogP) is 2.19. The first-order valence-corrected chi connectivity index (χ1v) is 7.85. The monoisotopic (exact) mass is 255 g/mol. The predicted molar refractivity (Wildman–Crippen MR) is 76.8 cm³/mol. The van der Waals surface area contributed by atoms with Crippen molar-refractivity contribution in [3.63, 3.8) is 0 Å². The van der Waals surface area contributed by atoms with Crippen LogP contribution in [0.2, 0.25) is 0 Å². The van der Waals surface area contributed by atoms with E-state index in [0.29, 0.717) is 12.1 Å². The molecule has 2 aliphatic heterocycles. The summed E-state index contributed by atoms with van der Waals surface area (Å²) in [5.74, 6) is 1.96. The van der Waals surface area contributed by atoms with Gasteiger partial charge in [-0.25, -0.2) is 0 Å². The van der Waals surface area contributed by atoms with E-state index in [0.717, 1.165) is 12.5 Å². The Balaban J connectivity index is 1.74. The van der Waals surface area contributed by atoms with Gasteiger partial charge in [-0.1, -0.05) is 18.7 Å². The zero-order valence-corrected chi connectivity index (χ0v) is 12.1. The second-order valence-electron chi connectivity index (χ2n) is 5.45. The van der Waals surface area contributed by atoms with Crippen LogP contribution in [0.3, 0.4) is 0 Å². The smallest absolute Gasteiger partial charge is 0.156 e. The number of nitrogens with one attached hydrogen (secondary N) is 1. The lowest BCUT2D eigenvalue weighted by atomic mass is 10.1. The molecule has 4 heteroatoms. The van der Waals surface area contributed by atoms with Crippen LogP contribution >= 0.6 is 11.8 Å². The van der Waals surface area contributed by atoms with Gasteiger partial charge in [-0.05, 0) is 39.2 Å². The lowest BCUT2D eigenvalue weighted by Gasteiger charge is -2.19. The van der Waals surface area contributed by atoms with Crippen LogP contribution in [-0.4, -0.2) is 47.5 Å². The number of nitrogens with zero attached hydrogens (tertiary/aromatic N) is 2. The van der Waals surface area contributed by atoms with E-state index in [4.69, 9.17) is 4.99 Å². The van der Waals surface area contributed by atoms with Gasteiger partial charge in [0.15, 0.2) is 5.17 Å². The fourth-order valence-corrected chi connectivity index (χ4v) is 3.54. The number of aliphatic imine (C=N–C) groups is 1. The highest BCUT2D eigenvalue weighted by molar-refractivity contribution is 8.14. The highest BCUT2D eigenvalue weighted by Crippen LogP contribution is 2.20. The van der Waals surface area contributed by atoms with E-state index >= 15 is 0 Å². The zero-order valence-electron chi connectivity index (χ0n) is 11.3. The van der Waals surface area contributed by atoms with Gasteiger partial charge in [-0.15, -0.1) is 0 Å². The molecule has 1 N–H and O–H groups in total. The highest BCUT2D eigenvalue weighted by atomic mass is 32.2. The molecule has 0 bridgehead atoms. The van der Waals surface area contributed by atoms with E-state index in [9.17, 15) is 0 Å². The van der Waals surface area contributed by atoms with Crippen LogP contribution in [0.1, 0.15) is 33.6 Å². The van der Waals surface area contributed by atoms with Crippen molar-refractivity contribution in [2.24, 2.45) is 10.9 Å². The Morgan fingerprint density at radius 1 is 1.53 bits per heavy atom. The molecule has 0 radical (unpaired) electrons. The fourth-order valence-electron chi connectivity index (χ4n) is 2.44. The number of amidine groups is 1. The molecule has 2 heterocycles. The molecular formula is C13H25N3S. The lowest BCUT2D eigenvalue weighted by molar-refractivity contribution is 0.266. The van der Waals surface area contributed by atoms with Crippen LogP contribution in [0, 0.1) is 5.92 Å². The summed E-state index contributed by atoms with van der Waals surface area (Å²) in [7, 11) is 0. The Labute approximate surface area is 109 Å². The molecule has 0 saturated carbocycles. The molecule has 0 spiro atoms. The van der Waals surface area contributed by atoms with Gasteiger partial charge >= 0.3 is 0 Å². The third-order valence-corrected chi connectivity index (χ3v) is 4.87. The Bertz CT molecular complexity index is 278. The standard InChI is InChI=1S/C13H25N3S/c1-4-12-9-17-13(15-12)14-7-11-5-6-16(8-11)10(2)3/h10-12H,4-9H2,1-3H3,(H,14,15). The molecule has 2 rings (SSSR count). The van der Waals surface area contributed by atoms with Crippen molar-refractivity contribution in [2.75, 3.05) is 25.4 Å². The van der Waals surface area contributed by atoms with Crippen LogP contribution in [0.4, 0.5) is 0 Å². The number of likely N-dealkylation sites (tertiary alicyclic amines) is 1. The van der Waals surface area contributed by atoms with Gasteiger partial charge in [0.1, 0.15) is 0 Å². The molecule has 0 aromatic heterocycles. The fraction of sp³-hybridized carbons (Fsp3) is 0.923. The molecule has 0 aliphatic carbocycles. The first kappa shape index (κ1) is 13.2. The Hall–Kier alpha value is -0.220. The molecule has 2 unspecified atom stereocenters. The summed E-state index contributed by atoms with van der Waals surface area (Å²) in [5, 5.41) is 4.68. The molecule has 17 heavy (non-hydrogen) atoms. The van der Waals surface area contributed by atoms with Crippen molar-refractivity contribution >= 4 is 16.9 Å². The average molecular weight is 255 g/mol. The van der Waals surface area contributed by atoms with Crippen LogP contribution in [0.15, 0.2) is 4.99 Å². The molecule has 2 aliphatic rings. The number of rotatable bonds is 4. The molecule has 98 valence electrons. The van der Waals surface area contributed by atoms with E-state index in [1.54, 1.807) is 0 Å².